The second kappa shape index (κ2) is 2020. The fourth-order valence-corrected chi connectivity index (χ4v) is 0. The molecule has 0 heterocycles. The first-order valence-electron chi connectivity index (χ1n) is 0.816. The van der Waals surface area contributed by atoms with Crippen molar-refractivity contribution in [2.45, 2.75) is 0 Å². The van der Waals surface area contributed by atoms with E-state index in [9.17, 15) is 0 Å². The molecule has 5 heavy (non-hydrogen) atoms. The average molecular weight is 161 g/mol. The minimum Gasteiger partial charge on any atom is -0.521 e. The molecule has 0 aliphatic heterocycles. The second-order valence-corrected chi connectivity index (χ2v) is 0. The Morgan fingerprint density at radius 1 is 0.800 bits per heavy atom. The van der Waals surface area contributed by atoms with Gasteiger partial charge in [-0.25, -0.2) is 0 Å². The van der Waals surface area contributed by atoms with E-state index in [0.29, 0.717) is 0 Å². The molecule has 0 aromatic carbocycles. The first-order chi connectivity index (χ1) is 2.00. The van der Waals surface area contributed by atoms with Crippen molar-refractivity contribution >= 4 is 0 Å². The molecule has 0 aromatic rings. The van der Waals surface area contributed by atoms with Crippen molar-refractivity contribution in [3.05, 3.63) is 26.3 Å². The summed E-state index contributed by atoms with van der Waals surface area (Å²) in [7, 11) is 0. The SMILES string of the molecule is [CH-]=C.[CH-]=C.[Pd+2]. The van der Waals surface area contributed by atoms with Gasteiger partial charge in [0.25, 0.3) is 0 Å². The minimum absolute atomic E-state index is 0. The third-order valence-electron chi connectivity index (χ3n) is 0. The summed E-state index contributed by atoms with van der Waals surface area (Å²) in [5.74, 6) is 0. The van der Waals surface area contributed by atoms with E-state index in [1.807, 2.05) is 0 Å². The first kappa shape index (κ1) is 19.2. The van der Waals surface area contributed by atoms with Crippen LogP contribution in [-0.4, -0.2) is 0 Å². The van der Waals surface area contributed by atoms with Crippen LogP contribution in [0.4, 0.5) is 0 Å². The number of hydrogen-bond acceptors (Lipinski definition) is 0. The zero-order valence-electron chi connectivity index (χ0n) is 2.89. The fourth-order valence-electron chi connectivity index (χ4n) is 0. The molecule has 0 N–H and O–H groups in total. The summed E-state index contributed by atoms with van der Waals surface area (Å²) in [6, 6.07) is 0. The van der Waals surface area contributed by atoms with Gasteiger partial charge in [0.05, 0.1) is 0 Å². The second-order valence-electron chi connectivity index (χ2n) is 0. The van der Waals surface area contributed by atoms with Crippen LogP contribution in [0.5, 0.6) is 0 Å². The van der Waals surface area contributed by atoms with Crippen LogP contribution in [0.2, 0.25) is 0 Å². The zero-order chi connectivity index (χ0) is 4.00. The summed E-state index contributed by atoms with van der Waals surface area (Å²) in [5.41, 5.74) is 0. The molecule has 0 amide bonds. The molecule has 0 saturated carbocycles. The van der Waals surface area contributed by atoms with Crippen molar-refractivity contribution < 1.29 is 20.4 Å². The molecule has 0 aromatic heterocycles. The Kier molecular flexibility index (Phi) is 7760. The van der Waals surface area contributed by atoms with Crippen molar-refractivity contribution in [1.29, 1.82) is 0 Å². The summed E-state index contributed by atoms with van der Waals surface area (Å²) in [4.78, 5) is 0. The van der Waals surface area contributed by atoms with Gasteiger partial charge in [-0.2, -0.15) is 0 Å². The van der Waals surface area contributed by atoms with Gasteiger partial charge in [-0.15, -0.1) is 0 Å². The number of rotatable bonds is 0. The summed E-state index contributed by atoms with van der Waals surface area (Å²) in [6.07, 6.45) is 0. The van der Waals surface area contributed by atoms with Crippen LogP contribution in [0, 0.1) is 13.2 Å². The standard InChI is InChI=1S/2C2H3.Pd/c2*1-2;/h2*1H,2H2;/q2*-1;+2. The van der Waals surface area contributed by atoms with Crippen molar-refractivity contribution in [2.75, 3.05) is 0 Å². The Hall–Kier alpha value is 0.142. The Balaban J connectivity index is -0.0000000133. The Bertz CT molecular complexity index is 5.61. The van der Waals surface area contributed by atoms with Crippen LogP contribution in [0.1, 0.15) is 0 Å². The van der Waals surface area contributed by atoms with Gasteiger partial charge in [-0.1, -0.05) is 0 Å². The maximum absolute atomic E-state index is 4.25. The van der Waals surface area contributed by atoms with Crippen molar-refractivity contribution in [2.24, 2.45) is 0 Å². The molecule has 0 fully saturated rings. The van der Waals surface area contributed by atoms with Crippen molar-refractivity contribution in [3.63, 3.8) is 0 Å². The van der Waals surface area contributed by atoms with E-state index in [1.165, 1.54) is 0 Å². The molecule has 1 heteroatoms. The Morgan fingerprint density at radius 3 is 0.800 bits per heavy atom. The maximum Gasteiger partial charge on any atom is 2.00 e. The molecular weight excluding hydrogens is 154 g/mol. The molecule has 0 unspecified atom stereocenters. The maximum atomic E-state index is 4.25. The largest absolute Gasteiger partial charge is 2.00 e. The zero-order valence-corrected chi connectivity index (χ0v) is 4.44. The monoisotopic (exact) mass is 160 g/mol. The summed E-state index contributed by atoms with van der Waals surface area (Å²) in [6.45, 7) is 14.0. The quantitative estimate of drug-likeness (QED) is 0.369. The fraction of sp³-hybridized carbons (Fsp3) is 0. The van der Waals surface area contributed by atoms with E-state index >= 15 is 0 Å². The van der Waals surface area contributed by atoms with Gasteiger partial charge < -0.3 is 13.2 Å². The number of hydrogen-bond donors (Lipinski definition) is 0. The first-order valence-corrected chi connectivity index (χ1v) is 0.816. The molecule has 0 aliphatic rings. The van der Waals surface area contributed by atoms with E-state index in [-0.39, 0.29) is 20.4 Å². The van der Waals surface area contributed by atoms with Gasteiger partial charge >= 0.3 is 20.4 Å². The van der Waals surface area contributed by atoms with Crippen LogP contribution < -0.4 is 0 Å². The van der Waals surface area contributed by atoms with Crippen molar-refractivity contribution in [3.8, 4) is 0 Å². The predicted molar refractivity (Wildman–Crippen MR) is 19.9 cm³/mol. The van der Waals surface area contributed by atoms with Crippen molar-refractivity contribution in [1.82, 2.24) is 0 Å². The van der Waals surface area contributed by atoms with E-state index in [4.69, 9.17) is 0 Å². The Morgan fingerprint density at radius 2 is 0.800 bits per heavy atom. The van der Waals surface area contributed by atoms with Crippen LogP contribution >= 0.6 is 0 Å². The molecule has 0 nitrogen and oxygen atoms in total. The molecular formula is C4H6Pd. The van der Waals surface area contributed by atoms with E-state index in [2.05, 4.69) is 26.3 Å². The summed E-state index contributed by atoms with van der Waals surface area (Å²) >= 11 is 0. The van der Waals surface area contributed by atoms with Gasteiger partial charge in [0.2, 0.25) is 0 Å². The third kappa shape index (κ3) is 938. The van der Waals surface area contributed by atoms with E-state index in [1.54, 1.807) is 0 Å². The molecule has 0 radical (unpaired) electrons. The van der Waals surface area contributed by atoms with Crippen LogP contribution in [0.25, 0.3) is 0 Å². The molecule has 0 atom stereocenters. The molecule has 0 rings (SSSR count). The topological polar surface area (TPSA) is 0 Å². The van der Waals surface area contributed by atoms with Gasteiger partial charge in [-0.05, 0) is 0 Å². The molecule has 0 bridgehead atoms. The summed E-state index contributed by atoms with van der Waals surface area (Å²) in [5, 5.41) is 0. The van der Waals surface area contributed by atoms with Gasteiger partial charge in [0.15, 0.2) is 0 Å². The molecule has 0 aliphatic carbocycles. The molecule has 0 spiro atoms. The summed E-state index contributed by atoms with van der Waals surface area (Å²) < 4.78 is 0. The van der Waals surface area contributed by atoms with Crippen LogP contribution in [0.3, 0.4) is 0 Å². The Labute approximate surface area is 47.2 Å². The van der Waals surface area contributed by atoms with E-state index < -0.39 is 0 Å². The average Bonchev–Trinajstić information content (AvgIpc) is 1.50. The van der Waals surface area contributed by atoms with Gasteiger partial charge in [0.1, 0.15) is 0 Å². The van der Waals surface area contributed by atoms with Gasteiger partial charge in [0, 0.05) is 0 Å². The normalized spacial score (nSPS) is 1.60. The van der Waals surface area contributed by atoms with Crippen LogP contribution in [0.15, 0.2) is 13.2 Å². The predicted octanol–water partition coefficient (Wildman–Crippen LogP) is 1.21. The van der Waals surface area contributed by atoms with Crippen LogP contribution in [-0.2, 0) is 20.4 Å². The minimum atomic E-state index is 0. The molecule has 32 valence electrons. The van der Waals surface area contributed by atoms with E-state index in [0.717, 1.165) is 0 Å². The molecule has 0 saturated heterocycles. The smallest absolute Gasteiger partial charge is 0.521 e. The van der Waals surface area contributed by atoms with Gasteiger partial charge in [-0.3, -0.25) is 13.2 Å². The third-order valence-corrected chi connectivity index (χ3v) is 0.